The van der Waals surface area contributed by atoms with Crippen molar-refractivity contribution in [2.75, 3.05) is 25.5 Å². The number of hydrogen-bond acceptors (Lipinski definition) is 5. The van der Waals surface area contributed by atoms with Gasteiger partial charge in [-0.25, -0.2) is 9.97 Å². The van der Waals surface area contributed by atoms with E-state index in [0.717, 1.165) is 38.8 Å². The number of nitrogens with one attached hydrogen (secondary N) is 2. The Morgan fingerprint density at radius 3 is 2.41 bits per heavy atom. The number of hydrogen-bond donors (Lipinski definition) is 2. The van der Waals surface area contributed by atoms with Gasteiger partial charge in [-0.3, -0.25) is 0 Å². The lowest BCUT2D eigenvalue weighted by atomic mass is 9.85. The second-order valence-corrected chi connectivity index (χ2v) is 7.66. The number of likely N-dealkylation sites (tertiary alicyclic amines) is 1. The van der Waals surface area contributed by atoms with E-state index in [1.807, 2.05) is 0 Å². The molecule has 1 aliphatic carbocycles. The molecule has 0 atom stereocenters. The van der Waals surface area contributed by atoms with E-state index < -0.39 is 12.0 Å². The molecule has 5 nitrogen and oxygen atoms in total. The van der Waals surface area contributed by atoms with E-state index in [9.17, 15) is 13.2 Å². The van der Waals surface area contributed by atoms with Crippen molar-refractivity contribution in [2.45, 2.75) is 50.0 Å². The van der Waals surface area contributed by atoms with Crippen molar-refractivity contribution >= 4 is 16.7 Å². The van der Waals surface area contributed by atoms with Gasteiger partial charge in [0.2, 0.25) is 5.82 Å². The largest absolute Gasteiger partial charge is 0.451 e. The zero-order valence-corrected chi connectivity index (χ0v) is 15.3. The molecule has 27 heavy (non-hydrogen) atoms. The molecule has 4 rings (SSSR count). The van der Waals surface area contributed by atoms with Crippen LogP contribution >= 0.6 is 0 Å². The number of halogens is 3. The van der Waals surface area contributed by atoms with E-state index in [1.54, 1.807) is 24.3 Å². The van der Waals surface area contributed by atoms with Crippen LogP contribution in [-0.2, 0) is 6.18 Å². The number of rotatable bonds is 4. The SMILES string of the molecule is CN1CCC(NC2CC(Nc3nc(C(F)(F)F)nc4ccccc34)C2)CC1. The van der Waals surface area contributed by atoms with Crippen LogP contribution in [-0.4, -0.2) is 53.1 Å². The van der Waals surface area contributed by atoms with Crippen LogP contribution < -0.4 is 10.6 Å². The summed E-state index contributed by atoms with van der Waals surface area (Å²) in [5.74, 6) is -0.820. The van der Waals surface area contributed by atoms with Gasteiger partial charge in [-0.1, -0.05) is 12.1 Å². The molecule has 0 spiro atoms. The van der Waals surface area contributed by atoms with E-state index in [0.29, 0.717) is 23.0 Å². The van der Waals surface area contributed by atoms with Gasteiger partial charge in [-0.05, 0) is 58.0 Å². The maximum Gasteiger partial charge on any atom is 0.451 e. The van der Waals surface area contributed by atoms with Gasteiger partial charge in [0.05, 0.1) is 5.52 Å². The van der Waals surface area contributed by atoms with Crippen LogP contribution in [0.4, 0.5) is 19.0 Å². The summed E-state index contributed by atoms with van der Waals surface area (Å²) in [6, 6.07) is 7.91. The van der Waals surface area contributed by atoms with E-state index >= 15 is 0 Å². The monoisotopic (exact) mass is 379 g/mol. The van der Waals surface area contributed by atoms with Gasteiger partial charge in [0.1, 0.15) is 5.82 Å². The lowest BCUT2D eigenvalue weighted by molar-refractivity contribution is -0.144. The van der Waals surface area contributed by atoms with Gasteiger partial charge in [0, 0.05) is 23.5 Å². The number of anilines is 1. The quantitative estimate of drug-likeness (QED) is 0.854. The molecule has 146 valence electrons. The van der Waals surface area contributed by atoms with Crippen LogP contribution in [0, 0.1) is 0 Å². The minimum absolute atomic E-state index is 0.133. The first-order chi connectivity index (χ1) is 12.9. The lowest BCUT2D eigenvalue weighted by Crippen LogP contribution is -2.53. The predicted octanol–water partition coefficient (Wildman–Crippen LogP) is 3.28. The Bertz CT molecular complexity index is 796. The zero-order chi connectivity index (χ0) is 19.0. The van der Waals surface area contributed by atoms with E-state index in [2.05, 4.69) is 32.5 Å². The van der Waals surface area contributed by atoms with Crippen molar-refractivity contribution in [1.29, 1.82) is 0 Å². The third-order valence-electron chi connectivity index (χ3n) is 5.53. The molecule has 0 amide bonds. The number of alkyl halides is 3. The number of para-hydroxylation sites is 1. The van der Waals surface area contributed by atoms with E-state index in [1.165, 1.54) is 0 Å². The van der Waals surface area contributed by atoms with Gasteiger partial charge >= 0.3 is 6.18 Å². The Labute approximate surface area is 156 Å². The maximum absolute atomic E-state index is 13.1. The molecule has 1 aromatic heterocycles. The summed E-state index contributed by atoms with van der Waals surface area (Å²) in [6.07, 6.45) is -0.469. The van der Waals surface area contributed by atoms with Crippen molar-refractivity contribution in [3.8, 4) is 0 Å². The molecule has 0 unspecified atom stereocenters. The van der Waals surface area contributed by atoms with Crippen LogP contribution in [0.15, 0.2) is 24.3 Å². The normalized spacial score (nSPS) is 24.7. The highest BCUT2D eigenvalue weighted by Gasteiger charge is 2.37. The van der Waals surface area contributed by atoms with E-state index in [4.69, 9.17) is 0 Å². The average Bonchev–Trinajstić information content (AvgIpc) is 2.60. The summed E-state index contributed by atoms with van der Waals surface area (Å²) >= 11 is 0. The third kappa shape index (κ3) is 4.16. The van der Waals surface area contributed by atoms with Gasteiger partial charge in [-0.15, -0.1) is 0 Å². The Kier molecular flexibility index (Phi) is 4.94. The standard InChI is InChI=1S/C19H24F3N5/c1-27-8-6-12(7-9-27)23-13-10-14(11-13)24-17-15-4-2-3-5-16(15)25-18(26-17)19(20,21)22/h2-5,12-14,23H,6-11H2,1H3,(H,24,25,26). The highest BCUT2D eigenvalue weighted by Crippen LogP contribution is 2.32. The first kappa shape index (κ1) is 18.4. The number of nitrogens with zero attached hydrogens (tertiary/aromatic N) is 3. The molecule has 2 N–H and O–H groups in total. The van der Waals surface area contributed by atoms with Crippen molar-refractivity contribution < 1.29 is 13.2 Å². The molecule has 2 aliphatic rings. The molecular formula is C19H24F3N5. The first-order valence-electron chi connectivity index (χ1n) is 9.43. The summed E-state index contributed by atoms with van der Waals surface area (Å²) in [6.45, 7) is 2.22. The molecule has 0 bridgehead atoms. The topological polar surface area (TPSA) is 53.1 Å². The summed E-state index contributed by atoms with van der Waals surface area (Å²) in [5, 5.41) is 7.52. The van der Waals surface area contributed by atoms with Crippen LogP contribution in [0.5, 0.6) is 0 Å². The van der Waals surface area contributed by atoms with Crippen LogP contribution in [0.1, 0.15) is 31.5 Å². The molecule has 2 heterocycles. The minimum atomic E-state index is -4.56. The molecule has 2 aromatic rings. The molecule has 0 radical (unpaired) electrons. The van der Waals surface area contributed by atoms with Gasteiger partial charge in [0.15, 0.2) is 0 Å². The highest BCUT2D eigenvalue weighted by atomic mass is 19.4. The summed E-state index contributed by atoms with van der Waals surface area (Å²) in [4.78, 5) is 9.77. The Balaban J connectivity index is 1.41. The fourth-order valence-electron chi connectivity index (χ4n) is 3.89. The average molecular weight is 379 g/mol. The molecule has 1 aromatic carbocycles. The Morgan fingerprint density at radius 1 is 1.00 bits per heavy atom. The maximum atomic E-state index is 13.1. The van der Waals surface area contributed by atoms with Gasteiger partial charge in [0.25, 0.3) is 0 Å². The number of fused-ring (bicyclic) bond motifs is 1. The van der Waals surface area contributed by atoms with Gasteiger partial charge in [-0.2, -0.15) is 13.2 Å². The summed E-state index contributed by atoms with van der Waals surface area (Å²) in [7, 11) is 2.14. The Morgan fingerprint density at radius 2 is 1.70 bits per heavy atom. The van der Waals surface area contributed by atoms with Crippen molar-refractivity contribution in [3.63, 3.8) is 0 Å². The molecular weight excluding hydrogens is 355 g/mol. The van der Waals surface area contributed by atoms with Crippen LogP contribution in [0.3, 0.4) is 0 Å². The van der Waals surface area contributed by atoms with Crippen LogP contribution in [0.25, 0.3) is 10.9 Å². The Hall–Kier alpha value is -1.93. The van der Waals surface area contributed by atoms with Gasteiger partial charge < -0.3 is 15.5 Å². The fourth-order valence-corrected chi connectivity index (χ4v) is 3.89. The molecule has 8 heteroatoms. The molecule has 2 fully saturated rings. The predicted molar refractivity (Wildman–Crippen MR) is 98.6 cm³/mol. The number of piperidine rings is 1. The summed E-state index contributed by atoms with van der Waals surface area (Å²) < 4.78 is 39.3. The van der Waals surface area contributed by atoms with Crippen molar-refractivity contribution in [1.82, 2.24) is 20.2 Å². The highest BCUT2D eigenvalue weighted by molar-refractivity contribution is 5.89. The van der Waals surface area contributed by atoms with Crippen molar-refractivity contribution in [2.24, 2.45) is 0 Å². The number of aromatic nitrogens is 2. The zero-order valence-electron chi connectivity index (χ0n) is 15.3. The molecule has 1 saturated carbocycles. The smallest absolute Gasteiger partial charge is 0.367 e. The third-order valence-corrected chi connectivity index (χ3v) is 5.53. The second kappa shape index (κ2) is 7.24. The number of benzene rings is 1. The second-order valence-electron chi connectivity index (χ2n) is 7.66. The first-order valence-corrected chi connectivity index (χ1v) is 9.43. The van der Waals surface area contributed by atoms with E-state index in [-0.39, 0.29) is 11.9 Å². The van der Waals surface area contributed by atoms with Crippen molar-refractivity contribution in [3.05, 3.63) is 30.1 Å². The summed E-state index contributed by atoms with van der Waals surface area (Å²) in [5.41, 5.74) is 0.308. The molecule has 1 saturated heterocycles. The van der Waals surface area contributed by atoms with Crippen LogP contribution in [0.2, 0.25) is 0 Å². The lowest BCUT2D eigenvalue weighted by Gasteiger charge is -2.41. The minimum Gasteiger partial charge on any atom is -0.367 e. The molecule has 1 aliphatic heterocycles. The fraction of sp³-hybridized carbons (Fsp3) is 0.579.